The third kappa shape index (κ3) is 4.54. The molecule has 1 N–H and O–H groups in total. The molecule has 1 atom stereocenters. The third-order valence-corrected chi connectivity index (χ3v) is 5.12. The summed E-state index contributed by atoms with van der Waals surface area (Å²) >= 11 is 1.84. The standard InChI is InChI=1S/C18H23NO3S/c1-21-17-4-2-14(3-5-17)12-22-13-16(20)11-19-8-6-18-15(10-19)7-9-23-18/h2-5,7,9,16,20H,6,8,10-13H2,1H3/t16-/m1/s1. The maximum atomic E-state index is 10.2. The third-order valence-electron chi connectivity index (χ3n) is 4.09. The molecule has 0 spiro atoms. The maximum absolute atomic E-state index is 10.2. The predicted octanol–water partition coefficient (Wildman–Crippen LogP) is 2.69. The van der Waals surface area contributed by atoms with Gasteiger partial charge in [-0.3, -0.25) is 4.90 Å². The fourth-order valence-corrected chi connectivity index (χ4v) is 3.74. The largest absolute Gasteiger partial charge is 0.497 e. The Labute approximate surface area is 141 Å². The van der Waals surface area contributed by atoms with Crippen molar-refractivity contribution in [2.75, 3.05) is 26.8 Å². The van der Waals surface area contributed by atoms with Gasteiger partial charge in [0.15, 0.2) is 0 Å². The van der Waals surface area contributed by atoms with E-state index in [0.717, 1.165) is 30.8 Å². The van der Waals surface area contributed by atoms with Crippen LogP contribution < -0.4 is 4.74 Å². The van der Waals surface area contributed by atoms with Crippen molar-refractivity contribution in [1.82, 2.24) is 4.90 Å². The Morgan fingerprint density at radius 3 is 2.87 bits per heavy atom. The minimum atomic E-state index is -0.451. The summed E-state index contributed by atoms with van der Waals surface area (Å²) in [5, 5.41) is 12.3. The summed E-state index contributed by atoms with van der Waals surface area (Å²) in [4.78, 5) is 3.79. The summed E-state index contributed by atoms with van der Waals surface area (Å²) in [7, 11) is 1.65. The first kappa shape index (κ1) is 16.5. The van der Waals surface area contributed by atoms with E-state index in [4.69, 9.17) is 9.47 Å². The zero-order chi connectivity index (χ0) is 16.1. The van der Waals surface area contributed by atoms with Crippen molar-refractivity contribution >= 4 is 11.3 Å². The van der Waals surface area contributed by atoms with Gasteiger partial charge in [-0.15, -0.1) is 11.3 Å². The fraction of sp³-hybridized carbons (Fsp3) is 0.444. The van der Waals surface area contributed by atoms with Gasteiger partial charge in [0.1, 0.15) is 5.75 Å². The van der Waals surface area contributed by atoms with Crippen LogP contribution in [0.15, 0.2) is 35.7 Å². The lowest BCUT2D eigenvalue weighted by molar-refractivity contribution is 0.00784. The monoisotopic (exact) mass is 333 g/mol. The molecule has 0 fully saturated rings. The molecule has 0 amide bonds. The molecule has 23 heavy (non-hydrogen) atoms. The minimum absolute atomic E-state index is 0.360. The second-order valence-corrected chi connectivity index (χ2v) is 6.87. The van der Waals surface area contributed by atoms with Gasteiger partial charge < -0.3 is 14.6 Å². The van der Waals surface area contributed by atoms with E-state index in [1.54, 1.807) is 7.11 Å². The number of aliphatic hydroxyl groups excluding tert-OH is 1. The molecule has 4 nitrogen and oxygen atoms in total. The van der Waals surface area contributed by atoms with Crippen molar-refractivity contribution in [3.8, 4) is 5.75 Å². The lowest BCUT2D eigenvalue weighted by Crippen LogP contribution is -2.37. The van der Waals surface area contributed by atoms with Crippen molar-refractivity contribution < 1.29 is 14.6 Å². The number of aliphatic hydroxyl groups is 1. The highest BCUT2D eigenvalue weighted by molar-refractivity contribution is 7.10. The summed E-state index contributed by atoms with van der Waals surface area (Å²) in [6.45, 7) is 3.49. The number of hydrogen-bond acceptors (Lipinski definition) is 5. The number of benzene rings is 1. The molecule has 0 unspecified atom stereocenters. The molecule has 1 aromatic heterocycles. The molecule has 3 rings (SSSR count). The smallest absolute Gasteiger partial charge is 0.118 e. The van der Waals surface area contributed by atoms with Gasteiger partial charge in [0.05, 0.1) is 26.4 Å². The Bertz CT molecular complexity index is 611. The van der Waals surface area contributed by atoms with Gasteiger partial charge in [-0.2, -0.15) is 0 Å². The van der Waals surface area contributed by atoms with Crippen molar-refractivity contribution in [2.24, 2.45) is 0 Å². The van der Waals surface area contributed by atoms with Gasteiger partial charge in [-0.25, -0.2) is 0 Å². The van der Waals surface area contributed by atoms with E-state index in [-0.39, 0.29) is 0 Å². The Kier molecular flexibility index (Phi) is 5.67. The van der Waals surface area contributed by atoms with Crippen LogP contribution in [-0.4, -0.2) is 42.9 Å². The number of fused-ring (bicyclic) bond motifs is 1. The predicted molar refractivity (Wildman–Crippen MR) is 92.0 cm³/mol. The highest BCUT2D eigenvalue weighted by Crippen LogP contribution is 2.24. The first-order valence-electron chi connectivity index (χ1n) is 7.91. The fourth-order valence-electron chi connectivity index (χ4n) is 2.85. The van der Waals surface area contributed by atoms with Crippen LogP contribution in [0.5, 0.6) is 5.75 Å². The van der Waals surface area contributed by atoms with Crippen LogP contribution in [0.3, 0.4) is 0 Å². The number of hydrogen-bond donors (Lipinski definition) is 1. The van der Waals surface area contributed by atoms with Gasteiger partial charge in [0.2, 0.25) is 0 Å². The Balaban J connectivity index is 1.39. The molecule has 0 aliphatic carbocycles. The van der Waals surface area contributed by atoms with E-state index >= 15 is 0 Å². The van der Waals surface area contributed by atoms with Crippen molar-refractivity contribution in [1.29, 1.82) is 0 Å². The van der Waals surface area contributed by atoms with Crippen LogP contribution in [0.4, 0.5) is 0 Å². The molecule has 2 aromatic rings. The lowest BCUT2D eigenvalue weighted by Gasteiger charge is -2.28. The van der Waals surface area contributed by atoms with E-state index < -0.39 is 6.10 Å². The average Bonchev–Trinajstić information content (AvgIpc) is 3.03. The van der Waals surface area contributed by atoms with Gasteiger partial charge in [0.25, 0.3) is 0 Å². The van der Waals surface area contributed by atoms with Crippen LogP contribution >= 0.6 is 11.3 Å². The van der Waals surface area contributed by atoms with Crippen LogP contribution in [-0.2, 0) is 24.3 Å². The number of nitrogens with zero attached hydrogens (tertiary/aromatic N) is 1. The zero-order valence-corrected chi connectivity index (χ0v) is 14.2. The molecule has 1 aliphatic rings. The van der Waals surface area contributed by atoms with Crippen LogP contribution in [0.2, 0.25) is 0 Å². The minimum Gasteiger partial charge on any atom is -0.497 e. The molecular formula is C18H23NO3S. The quantitative estimate of drug-likeness (QED) is 0.846. The molecule has 5 heteroatoms. The highest BCUT2D eigenvalue weighted by atomic mass is 32.1. The summed E-state index contributed by atoms with van der Waals surface area (Å²) in [5.41, 5.74) is 2.49. The molecular weight excluding hydrogens is 310 g/mol. The number of methoxy groups -OCH3 is 1. The van der Waals surface area contributed by atoms with Crippen molar-refractivity contribution in [2.45, 2.75) is 25.7 Å². The highest BCUT2D eigenvalue weighted by Gasteiger charge is 2.19. The number of β-amino-alcohol motifs (C(OH)–C–C–N with tert-alkyl or cyclic N) is 1. The van der Waals surface area contributed by atoms with E-state index in [0.29, 0.717) is 19.8 Å². The lowest BCUT2D eigenvalue weighted by atomic mass is 10.1. The number of thiophene rings is 1. The summed E-state index contributed by atoms with van der Waals surface area (Å²) in [6, 6.07) is 9.99. The maximum Gasteiger partial charge on any atom is 0.118 e. The van der Waals surface area contributed by atoms with E-state index in [9.17, 15) is 5.11 Å². The normalized spacial score (nSPS) is 16.1. The molecule has 0 radical (unpaired) electrons. The first-order valence-corrected chi connectivity index (χ1v) is 8.79. The number of rotatable bonds is 7. The van der Waals surface area contributed by atoms with Crippen LogP contribution in [0.1, 0.15) is 16.0 Å². The van der Waals surface area contributed by atoms with Gasteiger partial charge in [-0.1, -0.05) is 12.1 Å². The molecule has 0 bridgehead atoms. The second kappa shape index (κ2) is 7.93. The van der Waals surface area contributed by atoms with Crippen molar-refractivity contribution in [3.05, 3.63) is 51.7 Å². The van der Waals surface area contributed by atoms with E-state index in [2.05, 4.69) is 16.3 Å². The number of ether oxygens (including phenoxy) is 2. The topological polar surface area (TPSA) is 41.9 Å². The summed E-state index contributed by atoms with van der Waals surface area (Å²) < 4.78 is 10.8. The first-order chi connectivity index (χ1) is 11.2. The van der Waals surface area contributed by atoms with Crippen molar-refractivity contribution in [3.63, 3.8) is 0 Å². The molecule has 124 valence electrons. The van der Waals surface area contributed by atoms with E-state index in [1.807, 2.05) is 35.6 Å². The molecule has 0 saturated carbocycles. The average molecular weight is 333 g/mol. The molecule has 1 aromatic carbocycles. The molecule has 2 heterocycles. The summed E-state index contributed by atoms with van der Waals surface area (Å²) in [6.07, 6.45) is 0.639. The SMILES string of the molecule is COc1ccc(COC[C@H](O)CN2CCc3sccc3C2)cc1. The zero-order valence-electron chi connectivity index (χ0n) is 13.4. The van der Waals surface area contributed by atoms with Crippen LogP contribution in [0.25, 0.3) is 0 Å². The van der Waals surface area contributed by atoms with Gasteiger partial charge in [0, 0.05) is 24.5 Å². The van der Waals surface area contributed by atoms with Gasteiger partial charge in [-0.05, 0) is 41.1 Å². The Morgan fingerprint density at radius 2 is 2.09 bits per heavy atom. The van der Waals surface area contributed by atoms with Gasteiger partial charge >= 0.3 is 0 Å². The van der Waals surface area contributed by atoms with Crippen LogP contribution in [0, 0.1) is 0 Å². The Hall–Kier alpha value is -1.40. The Morgan fingerprint density at radius 1 is 1.26 bits per heavy atom. The van der Waals surface area contributed by atoms with E-state index in [1.165, 1.54) is 10.4 Å². The second-order valence-electron chi connectivity index (χ2n) is 5.87. The molecule has 0 saturated heterocycles. The molecule has 1 aliphatic heterocycles. The summed E-state index contributed by atoms with van der Waals surface area (Å²) in [5.74, 6) is 0.840.